The van der Waals surface area contributed by atoms with E-state index in [1.165, 1.54) is 0 Å². The summed E-state index contributed by atoms with van der Waals surface area (Å²) in [4.78, 5) is 0. The van der Waals surface area contributed by atoms with Crippen molar-refractivity contribution >= 4 is 15.9 Å². The van der Waals surface area contributed by atoms with Crippen LogP contribution in [0.2, 0.25) is 0 Å². The van der Waals surface area contributed by atoms with Gasteiger partial charge in [0.25, 0.3) is 6.08 Å². The fraction of sp³-hybridized carbons (Fsp3) is 0.750. The van der Waals surface area contributed by atoms with Crippen LogP contribution in [0.15, 0.2) is 10.6 Å². The van der Waals surface area contributed by atoms with Crippen molar-refractivity contribution in [2.24, 2.45) is 0 Å². The number of rotatable bonds is 5. The van der Waals surface area contributed by atoms with E-state index in [4.69, 9.17) is 0 Å². The highest BCUT2D eigenvalue weighted by atomic mass is 79.9. The molecule has 0 N–H and O–H groups in total. The van der Waals surface area contributed by atoms with Gasteiger partial charge in [-0.05, 0) is 15.9 Å². The molecule has 0 nitrogen and oxygen atoms in total. The molecule has 0 saturated heterocycles. The molecular weight excluding hydrogens is 461 g/mol. The lowest BCUT2D eigenvalue weighted by Crippen LogP contribution is -2.70. The normalized spacial score (nSPS) is 15.5. The maximum Gasteiger partial charge on any atom is 0.460 e. The van der Waals surface area contributed by atoms with Gasteiger partial charge in [-0.25, -0.2) is 0 Å². The van der Waals surface area contributed by atoms with Crippen molar-refractivity contribution < 1.29 is 65.9 Å². The van der Waals surface area contributed by atoms with Crippen LogP contribution in [0, 0.1) is 0 Å². The minimum absolute atomic E-state index is 0.960. The van der Waals surface area contributed by atoms with Gasteiger partial charge >= 0.3 is 35.8 Å². The Bertz CT molecular complexity index is 508. The first-order valence-corrected chi connectivity index (χ1v) is 5.57. The number of hydrogen-bond acceptors (Lipinski definition) is 0. The van der Waals surface area contributed by atoms with Crippen molar-refractivity contribution in [3.8, 4) is 0 Å². The Morgan fingerprint density at radius 1 is 0.500 bits per heavy atom. The van der Waals surface area contributed by atoms with Crippen molar-refractivity contribution in [1.29, 1.82) is 0 Å². The summed E-state index contributed by atoms with van der Waals surface area (Å²) in [6, 6.07) is 0. The molecule has 0 unspecified atom stereocenters. The molecule has 0 rings (SSSR count). The van der Waals surface area contributed by atoms with Gasteiger partial charge in [-0.15, -0.1) is 0 Å². The second-order valence-corrected chi connectivity index (χ2v) is 4.74. The third-order valence-electron chi connectivity index (χ3n) is 2.37. The van der Waals surface area contributed by atoms with E-state index in [0.29, 0.717) is 0 Å². The lowest BCUT2D eigenvalue weighted by Gasteiger charge is -2.39. The Balaban J connectivity index is 6.47. The van der Waals surface area contributed by atoms with E-state index in [1.807, 2.05) is 0 Å². The van der Waals surface area contributed by atoms with Crippen LogP contribution in [0.1, 0.15) is 0 Å². The van der Waals surface area contributed by atoms with Gasteiger partial charge in [-0.1, -0.05) is 0 Å². The van der Waals surface area contributed by atoms with Crippen LogP contribution in [0.4, 0.5) is 65.9 Å². The molecule has 0 aliphatic rings. The Kier molecular flexibility index (Phi) is 5.66. The lowest BCUT2D eigenvalue weighted by molar-refractivity contribution is -0.436. The molecule has 0 aromatic rings. The third-order valence-corrected chi connectivity index (χ3v) is 3.17. The zero-order chi connectivity index (χ0) is 20.2. The molecule has 16 heteroatoms. The number of hydrogen-bond donors (Lipinski definition) is 0. The average Bonchev–Trinajstić information content (AvgIpc) is 2.35. The smallest absolute Gasteiger partial charge is 0.193 e. The summed E-state index contributed by atoms with van der Waals surface area (Å²) in [6.07, 6.45) is -11.4. The fourth-order valence-electron chi connectivity index (χ4n) is 1.03. The van der Waals surface area contributed by atoms with Crippen LogP contribution in [-0.4, -0.2) is 35.8 Å². The van der Waals surface area contributed by atoms with Gasteiger partial charge < -0.3 is 0 Å². The molecule has 0 saturated carbocycles. The molecule has 0 atom stereocenters. The Labute approximate surface area is 129 Å². The summed E-state index contributed by atoms with van der Waals surface area (Å²) < 4.78 is 183. The summed E-state index contributed by atoms with van der Waals surface area (Å²) in [5.74, 6) is -38.9. The van der Waals surface area contributed by atoms with Crippen molar-refractivity contribution in [2.75, 3.05) is 0 Å². The molecule has 0 aromatic carbocycles. The van der Waals surface area contributed by atoms with Crippen LogP contribution >= 0.6 is 15.9 Å². The third kappa shape index (κ3) is 2.94. The van der Waals surface area contributed by atoms with E-state index in [1.54, 1.807) is 0 Å². The molecule has 0 heterocycles. The summed E-state index contributed by atoms with van der Waals surface area (Å²) in [6.45, 7) is 0. The van der Waals surface area contributed by atoms with E-state index in [9.17, 15) is 65.9 Å². The zero-order valence-corrected chi connectivity index (χ0v) is 11.6. The van der Waals surface area contributed by atoms with Crippen molar-refractivity contribution in [2.45, 2.75) is 35.8 Å². The first-order chi connectivity index (χ1) is 10.1. The maximum atomic E-state index is 12.9. The molecule has 0 spiro atoms. The van der Waals surface area contributed by atoms with Crippen molar-refractivity contribution in [3.05, 3.63) is 10.6 Å². The second-order valence-electron chi connectivity index (χ2n) is 3.94. The molecule has 0 fully saturated rings. The highest BCUT2D eigenvalue weighted by Gasteiger charge is 2.91. The fourth-order valence-corrected chi connectivity index (χ4v) is 1.28. The molecular formula is C8BrF15. The topological polar surface area (TPSA) is 0 Å². The largest absolute Gasteiger partial charge is 0.460 e. The summed E-state index contributed by atoms with van der Waals surface area (Å²) in [5.41, 5.74) is 0. The van der Waals surface area contributed by atoms with Gasteiger partial charge in [-0.2, -0.15) is 65.9 Å². The SMILES string of the molecule is FC(F)=C(Br)C(F)(F)C(F)(F)C(F)(F)C(F)(F)C(F)(F)C(F)(F)F. The molecule has 0 bridgehead atoms. The lowest BCUT2D eigenvalue weighted by atomic mass is 9.94. The number of alkyl halides is 13. The molecule has 0 radical (unpaired) electrons. The Hall–Kier alpha value is -0.830. The highest BCUT2D eigenvalue weighted by molar-refractivity contribution is 9.11. The van der Waals surface area contributed by atoms with Gasteiger partial charge in [0.1, 0.15) is 4.48 Å². The maximum absolute atomic E-state index is 12.9. The molecule has 24 heavy (non-hydrogen) atoms. The highest BCUT2D eigenvalue weighted by Crippen LogP contribution is 2.61. The van der Waals surface area contributed by atoms with E-state index in [-0.39, 0.29) is 0 Å². The predicted molar refractivity (Wildman–Crippen MR) is 49.0 cm³/mol. The minimum Gasteiger partial charge on any atom is -0.193 e. The Morgan fingerprint density at radius 2 is 0.792 bits per heavy atom. The van der Waals surface area contributed by atoms with Crippen LogP contribution < -0.4 is 0 Å². The molecule has 0 amide bonds. The van der Waals surface area contributed by atoms with Gasteiger partial charge in [-0.3, -0.25) is 0 Å². The van der Waals surface area contributed by atoms with Gasteiger partial charge in [0.15, 0.2) is 0 Å². The molecule has 0 aromatic heterocycles. The molecule has 144 valence electrons. The quantitative estimate of drug-likeness (QED) is 0.427. The van der Waals surface area contributed by atoms with E-state index in [2.05, 4.69) is 0 Å². The van der Waals surface area contributed by atoms with Crippen molar-refractivity contribution in [1.82, 2.24) is 0 Å². The van der Waals surface area contributed by atoms with E-state index < -0.39 is 46.4 Å². The first-order valence-electron chi connectivity index (χ1n) is 4.77. The predicted octanol–water partition coefficient (Wildman–Crippen LogP) is 6.23. The summed E-state index contributed by atoms with van der Waals surface area (Å²) >= 11 is 0.960. The standard InChI is InChI=1S/C8BrF15/c9-1(2(10)11)3(12,13)4(14,15)5(16,17)6(18,19)7(20,21)8(22,23)24. The van der Waals surface area contributed by atoms with Crippen LogP contribution in [-0.2, 0) is 0 Å². The zero-order valence-electron chi connectivity index (χ0n) is 10.0. The average molecular weight is 461 g/mol. The van der Waals surface area contributed by atoms with Gasteiger partial charge in [0, 0.05) is 0 Å². The summed E-state index contributed by atoms with van der Waals surface area (Å²) in [5, 5.41) is 0. The minimum atomic E-state index is -8.12. The molecule has 0 aliphatic heterocycles. The van der Waals surface area contributed by atoms with Gasteiger partial charge in [0.2, 0.25) is 0 Å². The number of allylic oxidation sites excluding steroid dienone is 1. The first kappa shape index (κ1) is 23.2. The van der Waals surface area contributed by atoms with Crippen molar-refractivity contribution in [3.63, 3.8) is 0 Å². The van der Waals surface area contributed by atoms with Gasteiger partial charge in [0.05, 0.1) is 0 Å². The number of halogens is 16. The summed E-state index contributed by atoms with van der Waals surface area (Å²) in [7, 11) is 0. The monoisotopic (exact) mass is 460 g/mol. The second kappa shape index (κ2) is 5.86. The van der Waals surface area contributed by atoms with Crippen LogP contribution in [0.25, 0.3) is 0 Å². The van der Waals surface area contributed by atoms with E-state index >= 15 is 0 Å². The van der Waals surface area contributed by atoms with E-state index in [0.717, 1.165) is 15.9 Å². The van der Waals surface area contributed by atoms with Crippen LogP contribution in [0.5, 0.6) is 0 Å². The van der Waals surface area contributed by atoms with Crippen LogP contribution in [0.3, 0.4) is 0 Å². The Morgan fingerprint density at radius 3 is 1.04 bits per heavy atom. The molecule has 0 aliphatic carbocycles.